The predicted octanol–water partition coefficient (Wildman–Crippen LogP) is 3.02. The molecule has 0 saturated carbocycles. The normalized spacial score (nSPS) is 11.7. The minimum atomic E-state index is -0.114. The van der Waals surface area contributed by atoms with E-state index in [-0.39, 0.29) is 12.7 Å². The Labute approximate surface area is 252 Å². The van der Waals surface area contributed by atoms with E-state index in [1.807, 2.05) is 36.4 Å². The van der Waals surface area contributed by atoms with E-state index in [0.29, 0.717) is 69.5 Å². The molecule has 2 heterocycles. The van der Waals surface area contributed by atoms with Crippen LogP contribution >= 0.6 is 0 Å². The van der Waals surface area contributed by atoms with E-state index in [2.05, 4.69) is 36.2 Å². The third-order valence-corrected chi connectivity index (χ3v) is 6.41. The van der Waals surface area contributed by atoms with Crippen molar-refractivity contribution in [2.24, 2.45) is 5.73 Å². The van der Waals surface area contributed by atoms with Crippen molar-refractivity contribution in [3.05, 3.63) is 59.7 Å². The number of hydrogen-bond donors (Lipinski definition) is 5. The van der Waals surface area contributed by atoms with Crippen LogP contribution in [0.1, 0.15) is 41.6 Å². The summed E-state index contributed by atoms with van der Waals surface area (Å²) in [6, 6.07) is 14.9. The van der Waals surface area contributed by atoms with Gasteiger partial charge in [-0.3, -0.25) is 4.79 Å². The van der Waals surface area contributed by atoms with Gasteiger partial charge in [0.25, 0.3) is 5.91 Å². The minimum absolute atomic E-state index is 0.114. The molecule has 232 valence electrons. The maximum atomic E-state index is 12.0. The summed E-state index contributed by atoms with van der Waals surface area (Å²) in [6.07, 6.45) is 4.25. The van der Waals surface area contributed by atoms with Gasteiger partial charge in [-0.2, -0.15) is 15.0 Å². The van der Waals surface area contributed by atoms with Crippen LogP contribution < -0.4 is 36.5 Å². The lowest BCUT2D eigenvalue weighted by atomic mass is 10.2. The van der Waals surface area contributed by atoms with Gasteiger partial charge in [0, 0.05) is 31.7 Å². The Morgan fingerprint density at radius 2 is 1.42 bits per heavy atom. The number of nitrogens with one attached hydrogen (secondary N) is 4. The van der Waals surface area contributed by atoms with Crippen LogP contribution in [0.25, 0.3) is 0 Å². The summed E-state index contributed by atoms with van der Waals surface area (Å²) in [5, 5.41) is 12.6. The van der Waals surface area contributed by atoms with Crippen molar-refractivity contribution in [2.75, 3.05) is 75.3 Å². The Bertz CT molecular complexity index is 1250. The fourth-order valence-corrected chi connectivity index (χ4v) is 4.15. The number of hydrogen-bond acceptors (Lipinski definition) is 12. The van der Waals surface area contributed by atoms with Crippen LogP contribution in [0.4, 0.5) is 17.8 Å². The molecule has 0 saturated heterocycles. The van der Waals surface area contributed by atoms with E-state index >= 15 is 0 Å². The van der Waals surface area contributed by atoms with Crippen LogP contribution in [0.5, 0.6) is 11.5 Å². The zero-order valence-electron chi connectivity index (χ0n) is 24.5. The van der Waals surface area contributed by atoms with Gasteiger partial charge in [0.15, 0.2) is 11.5 Å². The number of unbranched alkanes of at least 4 members (excludes halogenated alkanes) is 3. The molecule has 13 nitrogen and oxygen atoms in total. The lowest BCUT2D eigenvalue weighted by molar-refractivity contribution is 0.0519. The van der Waals surface area contributed by atoms with Crippen molar-refractivity contribution in [3.8, 4) is 11.5 Å². The lowest BCUT2D eigenvalue weighted by Crippen LogP contribution is -2.27. The summed E-state index contributed by atoms with van der Waals surface area (Å²) in [5.74, 6) is 2.76. The number of nitrogens with zero attached hydrogens (tertiary/aromatic N) is 3. The molecule has 1 amide bonds. The number of carbonyl (C=O) groups is 1. The smallest absolute Gasteiger partial charge is 0.251 e. The predicted molar refractivity (Wildman–Crippen MR) is 165 cm³/mol. The molecule has 3 aromatic rings. The van der Waals surface area contributed by atoms with Gasteiger partial charge >= 0.3 is 0 Å². The molecule has 43 heavy (non-hydrogen) atoms. The fourth-order valence-electron chi connectivity index (χ4n) is 4.15. The van der Waals surface area contributed by atoms with Crippen LogP contribution in [-0.4, -0.2) is 80.3 Å². The standard InChI is InChI=1S/C30H42N8O5/c31-12-6-1-2-7-13-33-28-36-29(38-30(37-28)35-21-23-10-11-25-26(20-23)43-22-42-25)34-15-17-41-19-18-40-16-14-32-27(39)24-8-4-3-5-9-24/h3-5,8-11,20H,1-2,6-7,12-19,21-22,31H2,(H,32,39)(H3,33,34,35,36,37,38). The molecular formula is C30H42N8O5. The van der Waals surface area contributed by atoms with E-state index in [9.17, 15) is 4.79 Å². The van der Waals surface area contributed by atoms with E-state index < -0.39 is 0 Å². The second-order valence-corrected chi connectivity index (χ2v) is 9.75. The molecular weight excluding hydrogens is 552 g/mol. The molecule has 1 aliphatic rings. The van der Waals surface area contributed by atoms with Gasteiger partial charge in [-0.1, -0.05) is 37.1 Å². The molecule has 0 spiro atoms. The highest BCUT2D eigenvalue weighted by atomic mass is 16.7. The number of ether oxygens (including phenoxy) is 4. The van der Waals surface area contributed by atoms with Crippen LogP contribution in [0.3, 0.4) is 0 Å². The summed E-state index contributed by atoms with van der Waals surface area (Å²) in [5.41, 5.74) is 7.23. The average molecular weight is 595 g/mol. The Balaban J connectivity index is 1.16. The maximum Gasteiger partial charge on any atom is 0.251 e. The maximum absolute atomic E-state index is 12.0. The van der Waals surface area contributed by atoms with Crippen molar-refractivity contribution in [3.63, 3.8) is 0 Å². The highest BCUT2D eigenvalue weighted by Crippen LogP contribution is 2.32. The summed E-state index contributed by atoms with van der Waals surface area (Å²) in [7, 11) is 0. The molecule has 2 aromatic carbocycles. The minimum Gasteiger partial charge on any atom is -0.454 e. The van der Waals surface area contributed by atoms with E-state index in [4.69, 9.17) is 24.7 Å². The molecule has 0 radical (unpaired) electrons. The first kappa shape index (κ1) is 31.7. The highest BCUT2D eigenvalue weighted by molar-refractivity contribution is 5.94. The zero-order valence-corrected chi connectivity index (χ0v) is 24.5. The fraction of sp³-hybridized carbons (Fsp3) is 0.467. The zero-order chi connectivity index (χ0) is 30.0. The van der Waals surface area contributed by atoms with Crippen LogP contribution in [0.2, 0.25) is 0 Å². The van der Waals surface area contributed by atoms with Gasteiger partial charge in [-0.25, -0.2) is 0 Å². The van der Waals surface area contributed by atoms with Gasteiger partial charge in [-0.05, 0) is 49.2 Å². The molecule has 4 rings (SSSR count). The van der Waals surface area contributed by atoms with E-state index in [1.54, 1.807) is 12.1 Å². The first-order valence-corrected chi connectivity index (χ1v) is 14.8. The van der Waals surface area contributed by atoms with Crippen molar-refractivity contribution in [1.29, 1.82) is 0 Å². The first-order valence-electron chi connectivity index (χ1n) is 14.8. The third-order valence-electron chi connectivity index (χ3n) is 6.41. The molecule has 6 N–H and O–H groups in total. The molecule has 0 unspecified atom stereocenters. The number of anilines is 3. The van der Waals surface area contributed by atoms with Crippen LogP contribution in [0, 0.1) is 0 Å². The number of benzene rings is 2. The van der Waals surface area contributed by atoms with Gasteiger partial charge < -0.3 is 45.9 Å². The summed E-state index contributed by atoms with van der Waals surface area (Å²) < 4.78 is 22.1. The molecule has 1 aliphatic heterocycles. The van der Waals surface area contributed by atoms with Gasteiger partial charge in [0.1, 0.15) is 0 Å². The highest BCUT2D eigenvalue weighted by Gasteiger charge is 2.13. The SMILES string of the molecule is NCCCCCCNc1nc(NCCOCCOCCNC(=O)c2ccccc2)nc(NCc2ccc3c(c2)OCO3)n1. The Kier molecular flexibility index (Phi) is 13.5. The van der Waals surface area contributed by atoms with Crippen molar-refractivity contribution < 1.29 is 23.7 Å². The number of amides is 1. The van der Waals surface area contributed by atoms with Crippen molar-refractivity contribution in [1.82, 2.24) is 20.3 Å². The average Bonchev–Trinajstić information content (AvgIpc) is 3.51. The molecule has 1 aromatic heterocycles. The Morgan fingerprint density at radius 1 is 0.744 bits per heavy atom. The topological polar surface area (TPSA) is 167 Å². The quantitative estimate of drug-likeness (QED) is 0.115. The number of nitrogens with two attached hydrogens (primary N) is 1. The summed E-state index contributed by atoms with van der Waals surface area (Å²) in [4.78, 5) is 25.6. The second kappa shape index (κ2) is 18.4. The van der Waals surface area contributed by atoms with Gasteiger partial charge in [0.05, 0.1) is 26.4 Å². The number of rotatable bonds is 21. The van der Waals surface area contributed by atoms with E-state index in [0.717, 1.165) is 55.8 Å². The molecule has 0 atom stereocenters. The number of fused-ring (bicyclic) bond motifs is 1. The van der Waals surface area contributed by atoms with Gasteiger partial charge in [0.2, 0.25) is 24.6 Å². The number of carbonyl (C=O) groups excluding carboxylic acids is 1. The molecule has 0 bridgehead atoms. The largest absolute Gasteiger partial charge is 0.454 e. The monoisotopic (exact) mass is 594 g/mol. The summed E-state index contributed by atoms with van der Waals surface area (Å²) >= 11 is 0. The second-order valence-electron chi connectivity index (χ2n) is 9.75. The molecule has 0 fully saturated rings. The van der Waals surface area contributed by atoms with E-state index in [1.165, 1.54) is 0 Å². The molecule has 13 heteroatoms. The van der Waals surface area contributed by atoms with Gasteiger partial charge in [-0.15, -0.1) is 0 Å². The first-order chi connectivity index (χ1) is 21.2. The Hall–Kier alpha value is -4.20. The molecule has 0 aliphatic carbocycles. The summed E-state index contributed by atoms with van der Waals surface area (Å²) in [6.45, 7) is 4.90. The van der Waals surface area contributed by atoms with Crippen LogP contribution in [0.15, 0.2) is 48.5 Å². The lowest BCUT2D eigenvalue weighted by Gasteiger charge is -2.12. The van der Waals surface area contributed by atoms with Crippen LogP contribution in [-0.2, 0) is 16.0 Å². The third kappa shape index (κ3) is 11.5. The van der Waals surface area contributed by atoms with Crippen molar-refractivity contribution in [2.45, 2.75) is 32.2 Å². The van der Waals surface area contributed by atoms with Crippen molar-refractivity contribution >= 4 is 23.8 Å². The number of aromatic nitrogens is 3. The Morgan fingerprint density at radius 3 is 2.19 bits per heavy atom.